The maximum atomic E-state index is 5.50. The van der Waals surface area contributed by atoms with E-state index in [1.807, 2.05) is 17.5 Å². The van der Waals surface area contributed by atoms with Gasteiger partial charge >= 0.3 is 0 Å². The Kier molecular flexibility index (Phi) is 4.22. The molecule has 0 spiro atoms. The monoisotopic (exact) mass is 325 g/mol. The molecule has 1 aliphatic rings. The molecule has 118 valence electrons. The Hall–Kier alpha value is -1.98. The molecule has 0 saturated carbocycles. The van der Waals surface area contributed by atoms with Gasteiger partial charge in [0.15, 0.2) is 0 Å². The van der Waals surface area contributed by atoms with Gasteiger partial charge in [0.05, 0.1) is 10.8 Å². The van der Waals surface area contributed by atoms with Crippen molar-refractivity contribution in [2.24, 2.45) is 0 Å². The third kappa shape index (κ3) is 3.35. The summed E-state index contributed by atoms with van der Waals surface area (Å²) < 4.78 is 5.50. The van der Waals surface area contributed by atoms with Gasteiger partial charge in [-0.25, -0.2) is 0 Å². The third-order valence-electron chi connectivity index (χ3n) is 4.36. The molecule has 1 atom stereocenters. The largest absolute Gasteiger partial charge is 0.339 e. The molecule has 4 rings (SSSR count). The summed E-state index contributed by atoms with van der Waals surface area (Å²) in [4.78, 5) is 8.15. The first kappa shape index (κ1) is 14.6. The lowest BCUT2D eigenvalue weighted by Gasteiger charge is -2.14. The summed E-state index contributed by atoms with van der Waals surface area (Å²) in [6.07, 6.45) is 2.19. The summed E-state index contributed by atoms with van der Waals surface area (Å²) in [7, 11) is 0. The van der Waals surface area contributed by atoms with E-state index in [2.05, 4.69) is 45.4 Å². The minimum atomic E-state index is 0.368. The predicted octanol–water partition coefficient (Wildman–Crippen LogP) is 3.83. The summed E-state index contributed by atoms with van der Waals surface area (Å²) >= 11 is 1.64. The van der Waals surface area contributed by atoms with Gasteiger partial charge in [-0.3, -0.25) is 0 Å². The zero-order valence-corrected chi connectivity index (χ0v) is 13.7. The van der Waals surface area contributed by atoms with Crippen molar-refractivity contribution in [3.63, 3.8) is 0 Å². The van der Waals surface area contributed by atoms with Crippen LogP contribution >= 0.6 is 11.3 Å². The number of aromatic nitrogens is 2. The molecule has 0 radical (unpaired) electrons. The Bertz CT molecular complexity index is 739. The van der Waals surface area contributed by atoms with Crippen LogP contribution in [0, 0.1) is 0 Å². The molecule has 4 nitrogen and oxygen atoms in total. The predicted molar refractivity (Wildman–Crippen MR) is 91.6 cm³/mol. The fourth-order valence-corrected chi connectivity index (χ4v) is 3.73. The van der Waals surface area contributed by atoms with Crippen molar-refractivity contribution in [3.8, 4) is 10.7 Å². The normalized spacial score (nSPS) is 18.5. The molecule has 0 bridgehead atoms. The molecule has 0 unspecified atom stereocenters. The molecule has 3 heterocycles. The molecule has 1 aliphatic heterocycles. The van der Waals surface area contributed by atoms with Crippen LogP contribution < -0.4 is 0 Å². The smallest absolute Gasteiger partial charge is 0.231 e. The average Bonchev–Trinajstić information content (AvgIpc) is 3.33. The van der Waals surface area contributed by atoms with Gasteiger partial charge in [-0.15, -0.1) is 11.3 Å². The Morgan fingerprint density at radius 3 is 2.91 bits per heavy atom. The molecule has 5 heteroatoms. The van der Waals surface area contributed by atoms with Crippen molar-refractivity contribution in [2.45, 2.75) is 18.8 Å². The van der Waals surface area contributed by atoms with E-state index in [0.717, 1.165) is 49.1 Å². The molecule has 23 heavy (non-hydrogen) atoms. The van der Waals surface area contributed by atoms with Gasteiger partial charge in [0.25, 0.3) is 0 Å². The van der Waals surface area contributed by atoms with E-state index in [1.165, 1.54) is 5.56 Å². The molecule has 1 saturated heterocycles. The number of nitrogens with zero attached hydrogens (tertiary/aromatic N) is 3. The number of hydrogen-bond acceptors (Lipinski definition) is 5. The van der Waals surface area contributed by atoms with Gasteiger partial charge in [0, 0.05) is 13.1 Å². The SMILES string of the molecule is c1ccc(CCN2CC[C@@H](c3nc(-c4cccs4)no3)C2)cc1. The van der Waals surface area contributed by atoms with E-state index < -0.39 is 0 Å². The van der Waals surface area contributed by atoms with Crippen molar-refractivity contribution in [3.05, 3.63) is 59.3 Å². The quantitative estimate of drug-likeness (QED) is 0.715. The molecule has 0 amide bonds. The van der Waals surface area contributed by atoms with Gasteiger partial charge in [0.1, 0.15) is 0 Å². The number of thiophene rings is 1. The fraction of sp³-hybridized carbons (Fsp3) is 0.333. The van der Waals surface area contributed by atoms with E-state index in [0.29, 0.717) is 5.92 Å². The van der Waals surface area contributed by atoms with Crippen LogP contribution in [0.15, 0.2) is 52.4 Å². The van der Waals surface area contributed by atoms with Crippen LogP contribution in [0.25, 0.3) is 10.7 Å². The molecule has 0 N–H and O–H groups in total. The number of benzene rings is 1. The molecule has 1 fully saturated rings. The van der Waals surface area contributed by atoms with E-state index in [1.54, 1.807) is 11.3 Å². The van der Waals surface area contributed by atoms with Crippen LogP contribution in [0.3, 0.4) is 0 Å². The molecule has 2 aromatic heterocycles. The summed E-state index contributed by atoms with van der Waals surface area (Å²) in [5.41, 5.74) is 1.40. The average molecular weight is 325 g/mol. The van der Waals surface area contributed by atoms with Crippen LogP contribution in [0.1, 0.15) is 23.8 Å². The summed E-state index contributed by atoms with van der Waals surface area (Å²) in [5, 5.41) is 6.16. The van der Waals surface area contributed by atoms with E-state index in [9.17, 15) is 0 Å². The molecular weight excluding hydrogens is 306 g/mol. The first-order chi connectivity index (χ1) is 11.4. The zero-order valence-electron chi connectivity index (χ0n) is 12.9. The number of rotatable bonds is 5. The molecule has 1 aromatic carbocycles. The summed E-state index contributed by atoms with van der Waals surface area (Å²) in [5.74, 6) is 1.88. The highest BCUT2D eigenvalue weighted by Crippen LogP contribution is 2.29. The van der Waals surface area contributed by atoms with Gasteiger partial charge in [-0.1, -0.05) is 41.6 Å². The van der Waals surface area contributed by atoms with Crippen molar-refractivity contribution >= 4 is 11.3 Å². The number of hydrogen-bond donors (Lipinski definition) is 0. The van der Waals surface area contributed by atoms with Crippen LogP contribution in [0.4, 0.5) is 0 Å². The number of likely N-dealkylation sites (tertiary alicyclic amines) is 1. The minimum absolute atomic E-state index is 0.368. The van der Waals surface area contributed by atoms with Gasteiger partial charge in [-0.2, -0.15) is 4.98 Å². The van der Waals surface area contributed by atoms with Gasteiger partial charge < -0.3 is 9.42 Å². The molecular formula is C18H19N3OS. The lowest BCUT2D eigenvalue weighted by Crippen LogP contribution is -2.23. The Morgan fingerprint density at radius 1 is 1.17 bits per heavy atom. The molecule has 0 aliphatic carbocycles. The summed E-state index contributed by atoms with van der Waals surface area (Å²) in [6.45, 7) is 3.21. The second-order valence-corrected chi connectivity index (χ2v) is 6.90. The minimum Gasteiger partial charge on any atom is -0.339 e. The second-order valence-electron chi connectivity index (χ2n) is 5.96. The lowest BCUT2D eigenvalue weighted by atomic mass is 10.1. The molecule has 3 aromatic rings. The third-order valence-corrected chi connectivity index (χ3v) is 5.23. The van der Waals surface area contributed by atoms with Crippen molar-refractivity contribution in [1.29, 1.82) is 0 Å². The Labute approximate surface area is 139 Å². The maximum absolute atomic E-state index is 5.50. The standard InChI is InChI=1S/C18H19N3OS/c1-2-5-14(6-3-1)8-10-21-11-9-15(13-21)18-19-17(20-22-18)16-7-4-12-23-16/h1-7,12,15H,8-11,13H2/t15-/m1/s1. The van der Waals surface area contributed by atoms with E-state index in [4.69, 9.17) is 4.52 Å². The van der Waals surface area contributed by atoms with E-state index in [-0.39, 0.29) is 0 Å². The van der Waals surface area contributed by atoms with Gasteiger partial charge in [0.2, 0.25) is 11.7 Å². The highest BCUT2D eigenvalue weighted by molar-refractivity contribution is 7.13. The van der Waals surface area contributed by atoms with Crippen molar-refractivity contribution in [2.75, 3.05) is 19.6 Å². The van der Waals surface area contributed by atoms with Crippen molar-refractivity contribution in [1.82, 2.24) is 15.0 Å². The fourth-order valence-electron chi connectivity index (χ4n) is 3.08. The van der Waals surface area contributed by atoms with Crippen LogP contribution in [0.5, 0.6) is 0 Å². The van der Waals surface area contributed by atoms with Crippen molar-refractivity contribution < 1.29 is 4.52 Å². The van der Waals surface area contributed by atoms with Crippen LogP contribution in [-0.4, -0.2) is 34.7 Å². The first-order valence-electron chi connectivity index (χ1n) is 8.02. The van der Waals surface area contributed by atoms with Crippen LogP contribution in [-0.2, 0) is 6.42 Å². The zero-order chi connectivity index (χ0) is 15.5. The Balaban J connectivity index is 1.35. The highest BCUT2D eigenvalue weighted by atomic mass is 32.1. The van der Waals surface area contributed by atoms with E-state index >= 15 is 0 Å². The first-order valence-corrected chi connectivity index (χ1v) is 8.90. The van der Waals surface area contributed by atoms with Gasteiger partial charge in [-0.05, 0) is 36.4 Å². The second kappa shape index (κ2) is 6.64. The maximum Gasteiger partial charge on any atom is 0.231 e. The Morgan fingerprint density at radius 2 is 2.09 bits per heavy atom. The van der Waals surface area contributed by atoms with Crippen LogP contribution in [0.2, 0.25) is 0 Å². The highest BCUT2D eigenvalue weighted by Gasteiger charge is 2.28. The topological polar surface area (TPSA) is 42.2 Å². The lowest BCUT2D eigenvalue weighted by molar-refractivity contribution is 0.318. The summed E-state index contributed by atoms with van der Waals surface area (Å²) in [6, 6.07) is 14.7.